The molecule has 3 amide bonds. The van der Waals surface area contributed by atoms with Crippen molar-refractivity contribution in [2.45, 2.75) is 26.2 Å². The van der Waals surface area contributed by atoms with Crippen LogP contribution in [0.15, 0.2) is 24.3 Å². The molecule has 0 saturated carbocycles. The molecular weight excluding hydrogens is 297 g/mol. The van der Waals surface area contributed by atoms with Gasteiger partial charge in [-0.1, -0.05) is 26.0 Å². The van der Waals surface area contributed by atoms with Crippen molar-refractivity contribution < 1.29 is 14.0 Å². The number of carbonyl (C=O) groups is 2. The molecule has 23 heavy (non-hydrogen) atoms. The molecule has 1 aliphatic rings. The normalized spacial score (nSPS) is 15.5. The number of hydrogen-bond donors (Lipinski definition) is 1. The van der Waals surface area contributed by atoms with Crippen LogP contribution in [0, 0.1) is 5.82 Å². The predicted octanol–water partition coefficient (Wildman–Crippen LogP) is 1.98. The van der Waals surface area contributed by atoms with Crippen molar-refractivity contribution in [2.24, 2.45) is 0 Å². The number of halogens is 1. The highest BCUT2D eigenvalue weighted by molar-refractivity contribution is 5.76. The topological polar surface area (TPSA) is 52.7 Å². The van der Waals surface area contributed by atoms with Crippen LogP contribution in [0.3, 0.4) is 0 Å². The van der Waals surface area contributed by atoms with Crippen molar-refractivity contribution in [3.63, 3.8) is 0 Å². The fraction of sp³-hybridized carbons (Fsp3) is 0.529. The van der Waals surface area contributed by atoms with Gasteiger partial charge in [0.25, 0.3) is 0 Å². The molecule has 6 heteroatoms. The largest absolute Gasteiger partial charge is 0.339 e. The van der Waals surface area contributed by atoms with Crippen molar-refractivity contribution in [1.82, 2.24) is 15.1 Å². The zero-order valence-electron chi connectivity index (χ0n) is 13.9. The van der Waals surface area contributed by atoms with Gasteiger partial charge in [0, 0.05) is 45.1 Å². The van der Waals surface area contributed by atoms with Crippen LogP contribution in [-0.4, -0.2) is 54.5 Å². The van der Waals surface area contributed by atoms with E-state index < -0.39 is 0 Å². The van der Waals surface area contributed by atoms with Crippen molar-refractivity contribution in [1.29, 1.82) is 0 Å². The van der Waals surface area contributed by atoms with Gasteiger partial charge in [0.05, 0.1) is 0 Å². The molecule has 0 spiro atoms. The van der Waals surface area contributed by atoms with Crippen molar-refractivity contribution >= 4 is 11.9 Å². The first-order chi connectivity index (χ1) is 10.8. The minimum absolute atomic E-state index is 0.0440. The number of carbonyl (C=O) groups excluding carboxylic acids is 2. The number of piperazine rings is 1. The molecule has 0 bridgehead atoms. The molecule has 1 aromatic carbocycles. The quantitative estimate of drug-likeness (QED) is 0.925. The highest BCUT2D eigenvalue weighted by Gasteiger charge is 2.25. The van der Waals surface area contributed by atoms with Gasteiger partial charge in [-0.25, -0.2) is 9.18 Å². The van der Waals surface area contributed by atoms with E-state index >= 15 is 0 Å². The summed E-state index contributed by atoms with van der Waals surface area (Å²) in [7, 11) is 0. The van der Waals surface area contributed by atoms with E-state index in [0.29, 0.717) is 32.7 Å². The molecule has 1 aromatic rings. The van der Waals surface area contributed by atoms with Gasteiger partial charge in [-0.3, -0.25) is 4.79 Å². The molecule has 5 nitrogen and oxygen atoms in total. The summed E-state index contributed by atoms with van der Waals surface area (Å²) in [5, 5.41) is 2.94. The summed E-state index contributed by atoms with van der Waals surface area (Å²) in [4.78, 5) is 27.0. The van der Waals surface area contributed by atoms with Crippen LogP contribution < -0.4 is 5.32 Å². The lowest BCUT2D eigenvalue weighted by Gasteiger charge is -2.35. The van der Waals surface area contributed by atoms with Gasteiger partial charge in [-0.05, 0) is 17.7 Å². The summed E-state index contributed by atoms with van der Waals surface area (Å²) in [5.74, 6) is -0.223. The van der Waals surface area contributed by atoms with Gasteiger partial charge in [0.2, 0.25) is 5.91 Å². The molecule has 2 rings (SSSR count). The molecule has 0 atom stereocenters. The Balaban J connectivity index is 1.86. The van der Waals surface area contributed by atoms with Crippen LogP contribution in [-0.2, 0) is 10.2 Å². The molecular formula is C17H24FN3O2. The Hall–Kier alpha value is -2.11. The summed E-state index contributed by atoms with van der Waals surface area (Å²) in [6, 6.07) is 6.23. The molecule has 1 aliphatic heterocycles. The number of rotatable bonds is 3. The lowest BCUT2D eigenvalue weighted by molar-refractivity contribution is -0.130. The Morgan fingerprint density at radius 2 is 1.61 bits per heavy atom. The molecule has 0 unspecified atom stereocenters. The molecule has 1 saturated heterocycles. The first-order valence-electron chi connectivity index (χ1n) is 7.84. The van der Waals surface area contributed by atoms with Gasteiger partial charge in [0.15, 0.2) is 0 Å². The summed E-state index contributed by atoms with van der Waals surface area (Å²) in [5.41, 5.74) is 0.686. The second-order valence-electron chi connectivity index (χ2n) is 6.54. The van der Waals surface area contributed by atoms with Crippen molar-refractivity contribution in [3.05, 3.63) is 35.6 Å². The first-order valence-corrected chi connectivity index (χ1v) is 7.84. The lowest BCUT2D eigenvalue weighted by Crippen LogP contribution is -2.53. The summed E-state index contributed by atoms with van der Waals surface area (Å²) in [6.45, 7) is 8.26. The average Bonchev–Trinajstić information content (AvgIpc) is 2.53. The van der Waals surface area contributed by atoms with Crippen LogP contribution in [0.4, 0.5) is 9.18 Å². The standard InChI is InChI=1S/C17H24FN3O2/c1-13(22)20-8-10-21(11-9-20)16(23)19-12-17(2,3)14-4-6-15(18)7-5-14/h4-7H,8-12H2,1-3H3,(H,19,23). The zero-order chi connectivity index (χ0) is 17.0. The second-order valence-corrected chi connectivity index (χ2v) is 6.54. The average molecular weight is 321 g/mol. The number of nitrogens with one attached hydrogen (secondary N) is 1. The Morgan fingerprint density at radius 1 is 1.09 bits per heavy atom. The molecule has 126 valence electrons. The molecule has 1 N–H and O–H groups in total. The Bertz CT molecular complexity index is 564. The van der Waals surface area contributed by atoms with Gasteiger partial charge < -0.3 is 15.1 Å². The first kappa shape index (κ1) is 17.2. The van der Waals surface area contributed by atoms with Gasteiger partial charge in [0.1, 0.15) is 5.82 Å². The molecule has 1 heterocycles. The number of nitrogens with zero attached hydrogens (tertiary/aromatic N) is 2. The smallest absolute Gasteiger partial charge is 0.317 e. The van der Waals surface area contributed by atoms with Crippen molar-refractivity contribution in [2.75, 3.05) is 32.7 Å². The van der Waals surface area contributed by atoms with E-state index in [1.807, 2.05) is 13.8 Å². The predicted molar refractivity (Wildman–Crippen MR) is 86.7 cm³/mol. The van der Waals surface area contributed by atoms with Gasteiger partial charge in [-0.2, -0.15) is 0 Å². The SMILES string of the molecule is CC(=O)N1CCN(C(=O)NCC(C)(C)c2ccc(F)cc2)CC1. The van der Waals surface area contributed by atoms with E-state index in [0.717, 1.165) is 5.56 Å². The Labute approximate surface area is 136 Å². The fourth-order valence-corrected chi connectivity index (χ4v) is 2.64. The third-order valence-corrected chi connectivity index (χ3v) is 4.32. The molecule has 0 aromatic heterocycles. The molecule has 1 fully saturated rings. The Kier molecular flexibility index (Phi) is 5.23. The highest BCUT2D eigenvalue weighted by Crippen LogP contribution is 2.22. The van der Waals surface area contributed by atoms with E-state index in [1.54, 1.807) is 28.9 Å². The lowest BCUT2D eigenvalue weighted by atomic mass is 9.84. The zero-order valence-corrected chi connectivity index (χ0v) is 13.9. The molecule has 0 aliphatic carbocycles. The van der Waals surface area contributed by atoms with E-state index in [2.05, 4.69) is 5.32 Å². The maximum Gasteiger partial charge on any atom is 0.317 e. The van der Waals surface area contributed by atoms with E-state index in [4.69, 9.17) is 0 Å². The van der Waals surface area contributed by atoms with E-state index in [9.17, 15) is 14.0 Å². The highest BCUT2D eigenvalue weighted by atomic mass is 19.1. The van der Waals surface area contributed by atoms with E-state index in [1.165, 1.54) is 12.1 Å². The Morgan fingerprint density at radius 3 is 2.13 bits per heavy atom. The van der Waals surface area contributed by atoms with Gasteiger partial charge >= 0.3 is 6.03 Å². The maximum absolute atomic E-state index is 13.0. The van der Waals surface area contributed by atoms with Crippen LogP contribution in [0.1, 0.15) is 26.3 Å². The third-order valence-electron chi connectivity index (χ3n) is 4.32. The van der Waals surface area contributed by atoms with Gasteiger partial charge in [-0.15, -0.1) is 0 Å². The number of urea groups is 1. The number of hydrogen-bond acceptors (Lipinski definition) is 2. The van der Waals surface area contributed by atoms with Crippen LogP contribution >= 0.6 is 0 Å². The minimum Gasteiger partial charge on any atom is -0.339 e. The minimum atomic E-state index is -0.287. The maximum atomic E-state index is 13.0. The van der Waals surface area contributed by atoms with Crippen LogP contribution in [0.25, 0.3) is 0 Å². The monoisotopic (exact) mass is 321 g/mol. The van der Waals surface area contributed by atoms with Crippen molar-refractivity contribution in [3.8, 4) is 0 Å². The van der Waals surface area contributed by atoms with Crippen LogP contribution in [0.5, 0.6) is 0 Å². The number of benzene rings is 1. The molecule has 0 radical (unpaired) electrons. The third kappa shape index (κ3) is 4.43. The summed E-state index contributed by atoms with van der Waals surface area (Å²) in [6.07, 6.45) is 0. The second kappa shape index (κ2) is 6.98. The fourth-order valence-electron chi connectivity index (χ4n) is 2.64. The summed E-state index contributed by atoms with van der Waals surface area (Å²) >= 11 is 0. The summed E-state index contributed by atoms with van der Waals surface area (Å²) < 4.78 is 13.0. The van der Waals surface area contributed by atoms with Crippen LogP contribution in [0.2, 0.25) is 0 Å². The number of amides is 3. The van der Waals surface area contributed by atoms with E-state index in [-0.39, 0.29) is 23.2 Å².